The fourth-order valence-corrected chi connectivity index (χ4v) is 2.47. The molecule has 2 aromatic rings. The van der Waals surface area contributed by atoms with Gasteiger partial charge in [0.25, 0.3) is 5.91 Å². The average molecular weight is 306 g/mol. The maximum atomic E-state index is 12.3. The monoisotopic (exact) mass is 305 g/mol. The van der Waals surface area contributed by atoms with Crippen molar-refractivity contribution in [3.05, 3.63) is 52.3 Å². The van der Waals surface area contributed by atoms with Crippen molar-refractivity contribution < 1.29 is 4.79 Å². The number of halogens is 1. The van der Waals surface area contributed by atoms with Crippen molar-refractivity contribution in [3.63, 3.8) is 0 Å². The molecule has 3 N–H and O–H groups in total. The van der Waals surface area contributed by atoms with Gasteiger partial charge in [-0.1, -0.05) is 11.6 Å². The van der Waals surface area contributed by atoms with Crippen LogP contribution in [0.1, 0.15) is 28.7 Å². The molecule has 1 heterocycles. The van der Waals surface area contributed by atoms with Crippen molar-refractivity contribution in [2.24, 2.45) is 5.73 Å². The van der Waals surface area contributed by atoms with E-state index in [2.05, 4.69) is 5.32 Å². The predicted molar refractivity (Wildman–Crippen MR) is 86.2 cm³/mol. The van der Waals surface area contributed by atoms with Crippen LogP contribution in [0.4, 0.5) is 0 Å². The number of carbonyl (C=O) groups is 1. The van der Waals surface area contributed by atoms with E-state index in [4.69, 9.17) is 17.3 Å². The third kappa shape index (κ3) is 3.28. The minimum absolute atomic E-state index is 0.0453. The van der Waals surface area contributed by atoms with Crippen LogP contribution in [0.2, 0.25) is 5.02 Å². The number of rotatable bonds is 4. The van der Waals surface area contributed by atoms with Gasteiger partial charge in [-0.05, 0) is 51.1 Å². The molecule has 112 valence electrons. The second-order valence-corrected chi connectivity index (χ2v) is 5.64. The molecule has 21 heavy (non-hydrogen) atoms. The van der Waals surface area contributed by atoms with Gasteiger partial charge in [0, 0.05) is 34.7 Å². The highest BCUT2D eigenvalue weighted by Crippen LogP contribution is 2.22. The lowest BCUT2D eigenvalue weighted by Crippen LogP contribution is -2.37. The van der Waals surface area contributed by atoms with Gasteiger partial charge in [-0.25, -0.2) is 0 Å². The molecule has 5 heteroatoms. The Morgan fingerprint density at radius 3 is 2.52 bits per heavy atom. The first kappa shape index (κ1) is 15.6. The normalized spacial score (nSPS) is 12.2. The average Bonchev–Trinajstić information content (AvgIpc) is 2.75. The van der Waals surface area contributed by atoms with Crippen molar-refractivity contribution in [1.29, 1.82) is 0 Å². The molecule has 2 rings (SSSR count). The number of nitrogens with two attached hydrogens (primary N) is 1. The van der Waals surface area contributed by atoms with Crippen molar-refractivity contribution in [2.75, 3.05) is 6.54 Å². The second-order valence-electron chi connectivity index (χ2n) is 5.21. The molecule has 0 unspecified atom stereocenters. The smallest absolute Gasteiger partial charge is 0.253 e. The van der Waals surface area contributed by atoms with Crippen LogP contribution in [0.3, 0.4) is 0 Å². The molecule has 0 aliphatic heterocycles. The molecule has 0 fully saturated rings. The SMILES string of the molecule is Cc1cc(C(=O)N[C@@H](C)CN)c(C)n1-c1ccc(Cl)cc1. The zero-order valence-electron chi connectivity index (χ0n) is 12.5. The van der Waals surface area contributed by atoms with Crippen LogP contribution in [0.5, 0.6) is 0 Å². The van der Waals surface area contributed by atoms with Gasteiger partial charge in [-0.2, -0.15) is 0 Å². The van der Waals surface area contributed by atoms with Gasteiger partial charge in [0.05, 0.1) is 5.56 Å². The number of hydrogen-bond acceptors (Lipinski definition) is 2. The summed E-state index contributed by atoms with van der Waals surface area (Å²) in [6.45, 7) is 6.21. The fraction of sp³-hybridized carbons (Fsp3) is 0.312. The first-order chi connectivity index (χ1) is 9.93. The highest BCUT2D eigenvalue weighted by atomic mass is 35.5. The summed E-state index contributed by atoms with van der Waals surface area (Å²) in [6.07, 6.45) is 0. The molecule has 1 amide bonds. The van der Waals surface area contributed by atoms with E-state index < -0.39 is 0 Å². The fourth-order valence-electron chi connectivity index (χ4n) is 2.34. The first-order valence-corrected chi connectivity index (χ1v) is 7.27. The molecule has 1 atom stereocenters. The van der Waals surface area contributed by atoms with E-state index in [0.29, 0.717) is 17.1 Å². The lowest BCUT2D eigenvalue weighted by molar-refractivity contribution is 0.0940. The van der Waals surface area contributed by atoms with Gasteiger partial charge in [0.1, 0.15) is 0 Å². The topological polar surface area (TPSA) is 60.1 Å². The van der Waals surface area contributed by atoms with Crippen LogP contribution in [-0.2, 0) is 0 Å². The number of nitrogens with one attached hydrogen (secondary N) is 1. The zero-order valence-corrected chi connectivity index (χ0v) is 13.2. The summed E-state index contributed by atoms with van der Waals surface area (Å²) in [5.74, 6) is -0.0961. The van der Waals surface area contributed by atoms with E-state index >= 15 is 0 Å². The van der Waals surface area contributed by atoms with Gasteiger partial charge in [-0.3, -0.25) is 4.79 Å². The van der Waals surface area contributed by atoms with Crippen molar-refractivity contribution >= 4 is 17.5 Å². The van der Waals surface area contributed by atoms with Crippen LogP contribution in [0.25, 0.3) is 5.69 Å². The highest BCUT2D eigenvalue weighted by molar-refractivity contribution is 6.30. The van der Waals surface area contributed by atoms with Crippen molar-refractivity contribution in [1.82, 2.24) is 9.88 Å². The Morgan fingerprint density at radius 1 is 1.33 bits per heavy atom. The summed E-state index contributed by atoms with van der Waals surface area (Å²) in [7, 11) is 0. The number of aromatic nitrogens is 1. The molecule has 0 aliphatic rings. The molecule has 0 aliphatic carbocycles. The lowest BCUT2D eigenvalue weighted by atomic mass is 10.2. The standard InChI is InChI=1S/C16H20ClN3O/c1-10(9-18)19-16(21)15-8-11(2)20(12(15)3)14-6-4-13(17)5-7-14/h4-8,10H,9,18H2,1-3H3,(H,19,21)/t10-/m0/s1. The Morgan fingerprint density at radius 2 is 1.95 bits per heavy atom. The Bertz CT molecular complexity index is 646. The van der Waals surface area contributed by atoms with Crippen LogP contribution in [0.15, 0.2) is 30.3 Å². The number of aryl methyl sites for hydroxylation is 1. The van der Waals surface area contributed by atoms with Crippen LogP contribution < -0.4 is 11.1 Å². The molecular formula is C16H20ClN3O. The summed E-state index contributed by atoms with van der Waals surface area (Å²) < 4.78 is 2.04. The highest BCUT2D eigenvalue weighted by Gasteiger charge is 2.17. The Balaban J connectivity index is 2.38. The van der Waals surface area contributed by atoms with Gasteiger partial charge in [0.15, 0.2) is 0 Å². The number of amides is 1. The lowest BCUT2D eigenvalue weighted by Gasteiger charge is -2.12. The summed E-state index contributed by atoms with van der Waals surface area (Å²) in [4.78, 5) is 12.3. The Kier molecular flexibility index (Phi) is 4.70. The molecule has 0 bridgehead atoms. The van der Waals surface area contributed by atoms with Crippen molar-refractivity contribution in [3.8, 4) is 5.69 Å². The van der Waals surface area contributed by atoms with E-state index in [1.54, 1.807) is 0 Å². The quantitative estimate of drug-likeness (QED) is 0.912. The predicted octanol–water partition coefficient (Wildman–Crippen LogP) is 2.82. The summed E-state index contributed by atoms with van der Waals surface area (Å²) in [5.41, 5.74) is 9.10. The maximum absolute atomic E-state index is 12.3. The third-order valence-electron chi connectivity index (χ3n) is 3.49. The first-order valence-electron chi connectivity index (χ1n) is 6.90. The number of hydrogen-bond donors (Lipinski definition) is 2. The van der Waals surface area contributed by atoms with E-state index in [-0.39, 0.29) is 11.9 Å². The van der Waals surface area contributed by atoms with Crippen LogP contribution in [0, 0.1) is 13.8 Å². The maximum Gasteiger partial charge on any atom is 0.253 e. The van der Waals surface area contributed by atoms with Gasteiger partial charge < -0.3 is 15.6 Å². The molecule has 4 nitrogen and oxygen atoms in total. The molecular weight excluding hydrogens is 286 g/mol. The van der Waals surface area contributed by atoms with E-state index in [9.17, 15) is 4.79 Å². The molecule has 0 saturated carbocycles. The summed E-state index contributed by atoms with van der Waals surface area (Å²) in [6, 6.07) is 9.40. The molecule has 0 saturated heterocycles. The van der Waals surface area contributed by atoms with Gasteiger partial charge in [-0.15, -0.1) is 0 Å². The molecule has 0 spiro atoms. The Labute approximate surface area is 129 Å². The molecule has 1 aromatic carbocycles. The Hall–Kier alpha value is -1.78. The second kappa shape index (κ2) is 6.33. The largest absolute Gasteiger partial charge is 0.348 e. The molecule has 0 radical (unpaired) electrons. The third-order valence-corrected chi connectivity index (χ3v) is 3.74. The summed E-state index contributed by atoms with van der Waals surface area (Å²) in [5, 5.41) is 3.58. The van der Waals surface area contributed by atoms with E-state index in [1.165, 1.54) is 0 Å². The van der Waals surface area contributed by atoms with Crippen LogP contribution >= 0.6 is 11.6 Å². The molecule has 1 aromatic heterocycles. The zero-order chi connectivity index (χ0) is 15.6. The van der Waals surface area contributed by atoms with Gasteiger partial charge >= 0.3 is 0 Å². The minimum Gasteiger partial charge on any atom is -0.348 e. The number of nitrogens with zero attached hydrogens (tertiary/aromatic N) is 1. The van der Waals surface area contributed by atoms with Crippen molar-refractivity contribution in [2.45, 2.75) is 26.8 Å². The van der Waals surface area contributed by atoms with Crippen LogP contribution in [-0.4, -0.2) is 23.1 Å². The van der Waals surface area contributed by atoms with Gasteiger partial charge in [0.2, 0.25) is 0 Å². The van der Waals surface area contributed by atoms with E-state index in [0.717, 1.165) is 17.1 Å². The summed E-state index contributed by atoms with van der Waals surface area (Å²) >= 11 is 5.92. The minimum atomic E-state index is -0.0961. The number of benzene rings is 1. The number of carbonyl (C=O) groups excluding carboxylic acids is 1. The van der Waals surface area contributed by atoms with E-state index in [1.807, 2.05) is 55.7 Å².